The van der Waals surface area contributed by atoms with Gasteiger partial charge in [-0.15, -0.1) is 11.8 Å². The predicted octanol–water partition coefficient (Wildman–Crippen LogP) is 3.01. The molecule has 1 amide bonds. The fourth-order valence-electron chi connectivity index (χ4n) is 3.02. The van der Waals surface area contributed by atoms with Crippen molar-refractivity contribution in [1.82, 2.24) is 9.21 Å². The minimum atomic E-state index is -3.49. The van der Waals surface area contributed by atoms with Gasteiger partial charge in [0.05, 0.1) is 10.1 Å². The van der Waals surface area contributed by atoms with Crippen molar-refractivity contribution in [3.63, 3.8) is 0 Å². The van der Waals surface area contributed by atoms with Crippen LogP contribution < -0.4 is 0 Å². The minimum Gasteiger partial charge on any atom is -0.339 e. The highest BCUT2D eigenvalue weighted by Crippen LogP contribution is 2.25. The van der Waals surface area contributed by atoms with Crippen LogP contribution >= 0.6 is 11.8 Å². The summed E-state index contributed by atoms with van der Waals surface area (Å²) in [6.07, 6.45) is 0. The number of carbonyl (C=O) groups is 1. The van der Waals surface area contributed by atoms with E-state index < -0.39 is 10.0 Å². The third-order valence-electron chi connectivity index (χ3n) is 4.61. The van der Waals surface area contributed by atoms with Crippen LogP contribution in [0.5, 0.6) is 0 Å². The lowest BCUT2D eigenvalue weighted by Gasteiger charge is -2.35. The van der Waals surface area contributed by atoms with E-state index in [0.717, 1.165) is 4.90 Å². The summed E-state index contributed by atoms with van der Waals surface area (Å²) in [5.41, 5.74) is 1.19. The lowest BCUT2D eigenvalue weighted by atomic mass is 10.2. The maximum absolute atomic E-state index is 12.7. The third-order valence-corrected chi connectivity index (χ3v) is 7.63. The van der Waals surface area contributed by atoms with Crippen molar-refractivity contribution in [1.29, 1.82) is 0 Å². The number of thioether (sulfide) groups is 1. The average Bonchev–Trinajstić information content (AvgIpc) is 2.70. The summed E-state index contributed by atoms with van der Waals surface area (Å²) in [6, 6.07) is 16.6. The summed E-state index contributed by atoms with van der Waals surface area (Å²) in [6.45, 7) is 5.43. The molecule has 2 aromatic carbocycles. The first-order valence-electron chi connectivity index (χ1n) is 8.95. The third kappa shape index (κ3) is 4.72. The van der Waals surface area contributed by atoms with Gasteiger partial charge in [0.2, 0.25) is 15.9 Å². The summed E-state index contributed by atoms with van der Waals surface area (Å²) < 4.78 is 26.8. The summed E-state index contributed by atoms with van der Waals surface area (Å²) >= 11 is 1.53. The molecule has 1 aliphatic heterocycles. The lowest BCUT2D eigenvalue weighted by molar-refractivity contribution is -0.131. The van der Waals surface area contributed by atoms with Gasteiger partial charge in [-0.1, -0.05) is 35.9 Å². The van der Waals surface area contributed by atoms with Crippen LogP contribution in [0, 0.1) is 6.92 Å². The molecule has 1 saturated heterocycles. The molecule has 0 N–H and O–H groups in total. The summed E-state index contributed by atoms with van der Waals surface area (Å²) in [5.74, 6) is 0.0531. The number of hydrogen-bond donors (Lipinski definition) is 0. The Morgan fingerprint density at radius 3 is 2.15 bits per heavy atom. The van der Waals surface area contributed by atoms with Gasteiger partial charge < -0.3 is 4.90 Å². The highest BCUT2D eigenvalue weighted by molar-refractivity contribution is 8.00. The van der Waals surface area contributed by atoms with E-state index in [1.165, 1.54) is 21.6 Å². The lowest BCUT2D eigenvalue weighted by Crippen LogP contribution is -2.52. The number of nitrogens with zero attached hydrogens (tertiary/aromatic N) is 2. The van der Waals surface area contributed by atoms with Gasteiger partial charge in [0, 0.05) is 31.1 Å². The number of rotatable bonds is 5. The Balaban J connectivity index is 1.58. The van der Waals surface area contributed by atoms with Crippen molar-refractivity contribution in [2.45, 2.75) is 28.9 Å². The molecular weight excluding hydrogens is 380 g/mol. The van der Waals surface area contributed by atoms with Crippen LogP contribution in [0.1, 0.15) is 12.5 Å². The molecule has 3 rings (SSSR count). The van der Waals surface area contributed by atoms with Gasteiger partial charge in [0.1, 0.15) is 0 Å². The van der Waals surface area contributed by atoms with Crippen molar-refractivity contribution in [3.05, 3.63) is 60.2 Å². The van der Waals surface area contributed by atoms with Crippen LogP contribution in [0.3, 0.4) is 0 Å². The number of carbonyl (C=O) groups excluding carboxylic acids is 1. The summed E-state index contributed by atoms with van der Waals surface area (Å²) in [7, 11) is -3.49. The van der Waals surface area contributed by atoms with E-state index in [4.69, 9.17) is 0 Å². The number of amides is 1. The van der Waals surface area contributed by atoms with Gasteiger partial charge in [-0.2, -0.15) is 4.31 Å². The largest absolute Gasteiger partial charge is 0.339 e. The highest BCUT2D eigenvalue weighted by Gasteiger charge is 2.31. The molecule has 0 bridgehead atoms. The van der Waals surface area contributed by atoms with E-state index in [9.17, 15) is 13.2 Å². The van der Waals surface area contributed by atoms with E-state index in [-0.39, 0.29) is 11.2 Å². The number of piperazine rings is 1. The Morgan fingerprint density at radius 1 is 0.963 bits per heavy atom. The van der Waals surface area contributed by atoms with Gasteiger partial charge in [0.25, 0.3) is 0 Å². The Bertz CT molecular complexity index is 875. The van der Waals surface area contributed by atoms with Crippen LogP contribution in [0.4, 0.5) is 0 Å². The normalized spacial score (nSPS) is 16.9. The molecule has 0 unspecified atom stereocenters. The van der Waals surface area contributed by atoms with Crippen molar-refractivity contribution >= 4 is 27.7 Å². The smallest absolute Gasteiger partial charge is 0.243 e. The molecule has 5 nitrogen and oxygen atoms in total. The SMILES string of the molecule is Cc1ccc(S[C@@H](C)C(=O)N2CCN(S(=O)(=O)c3ccccc3)CC2)cc1. The summed E-state index contributed by atoms with van der Waals surface area (Å²) in [4.78, 5) is 15.9. The van der Waals surface area contributed by atoms with Gasteiger partial charge in [-0.05, 0) is 38.1 Å². The van der Waals surface area contributed by atoms with E-state index in [2.05, 4.69) is 0 Å². The molecule has 144 valence electrons. The highest BCUT2D eigenvalue weighted by atomic mass is 32.2. The zero-order valence-electron chi connectivity index (χ0n) is 15.5. The molecule has 2 aromatic rings. The second-order valence-corrected chi connectivity index (χ2v) is 9.97. The topological polar surface area (TPSA) is 57.7 Å². The average molecular weight is 405 g/mol. The second-order valence-electron chi connectivity index (χ2n) is 6.62. The molecule has 0 aliphatic carbocycles. The number of aryl methyl sites for hydroxylation is 1. The molecule has 1 heterocycles. The van der Waals surface area contributed by atoms with E-state index in [1.807, 2.05) is 38.1 Å². The molecular formula is C20H24N2O3S2. The van der Waals surface area contributed by atoms with Gasteiger partial charge in [-0.25, -0.2) is 8.42 Å². The molecule has 1 fully saturated rings. The number of hydrogen-bond acceptors (Lipinski definition) is 4. The first-order valence-corrected chi connectivity index (χ1v) is 11.3. The monoisotopic (exact) mass is 404 g/mol. The molecule has 7 heteroatoms. The standard InChI is InChI=1S/C20H24N2O3S2/c1-16-8-10-18(11-9-16)26-17(2)20(23)21-12-14-22(15-13-21)27(24,25)19-6-4-3-5-7-19/h3-11,17H,12-15H2,1-2H3/t17-/m0/s1. The predicted molar refractivity (Wildman–Crippen MR) is 108 cm³/mol. The Morgan fingerprint density at radius 2 is 1.56 bits per heavy atom. The van der Waals surface area contributed by atoms with Crippen LogP contribution in [-0.4, -0.2) is 55.0 Å². The van der Waals surface area contributed by atoms with Crippen molar-refractivity contribution in [2.24, 2.45) is 0 Å². The summed E-state index contributed by atoms with van der Waals surface area (Å²) in [5, 5.41) is -0.204. The first-order chi connectivity index (χ1) is 12.9. The van der Waals surface area contributed by atoms with Crippen LogP contribution in [0.25, 0.3) is 0 Å². The fourth-order valence-corrected chi connectivity index (χ4v) is 5.41. The molecule has 0 spiro atoms. The van der Waals surface area contributed by atoms with Crippen molar-refractivity contribution in [3.8, 4) is 0 Å². The van der Waals surface area contributed by atoms with Crippen molar-refractivity contribution in [2.75, 3.05) is 26.2 Å². The zero-order chi connectivity index (χ0) is 19.4. The molecule has 1 aliphatic rings. The van der Waals surface area contributed by atoms with Gasteiger partial charge in [0.15, 0.2) is 0 Å². The first kappa shape index (κ1) is 19.9. The van der Waals surface area contributed by atoms with Gasteiger partial charge >= 0.3 is 0 Å². The van der Waals surface area contributed by atoms with E-state index in [0.29, 0.717) is 31.1 Å². The Kier molecular flexibility index (Phi) is 6.24. The second kappa shape index (κ2) is 8.46. The molecule has 0 saturated carbocycles. The number of sulfonamides is 1. The Labute approximate surface area is 165 Å². The van der Waals surface area contributed by atoms with E-state index >= 15 is 0 Å². The minimum absolute atomic E-state index is 0.0531. The maximum atomic E-state index is 12.7. The molecule has 0 radical (unpaired) electrons. The maximum Gasteiger partial charge on any atom is 0.243 e. The van der Waals surface area contributed by atoms with Crippen LogP contribution in [0.2, 0.25) is 0 Å². The van der Waals surface area contributed by atoms with Crippen LogP contribution in [0.15, 0.2) is 64.4 Å². The molecule has 27 heavy (non-hydrogen) atoms. The van der Waals surface area contributed by atoms with Crippen molar-refractivity contribution < 1.29 is 13.2 Å². The van der Waals surface area contributed by atoms with Crippen LogP contribution in [-0.2, 0) is 14.8 Å². The fraction of sp³-hybridized carbons (Fsp3) is 0.350. The molecule has 0 aromatic heterocycles. The van der Waals surface area contributed by atoms with Gasteiger partial charge in [-0.3, -0.25) is 4.79 Å². The Hall–Kier alpha value is -1.83. The molecule has 1 atom stereocenters. The quantitative estimate of drug-likeness (QED) is 0.719. The zero-order valence-corrected chi connectivity index (χ0v) is 17.2. The van der Waals surface area contributed by atoms with E-state index in [1.54, 1.807) is 35.2 Å². The number of benzene rings is 2.